The van der Waals surface area contributed by atoms with Gasteiger partial charge in [-0.1, -0.05) is 140 Å². The van der Waals surface area contributed by atoms with Crippen LogP contribution in [0.15, 0.2) is 158 Å². The minimum atomic E-state index is 0.599. The summed E-state index contributed by atoms with van der Waals surface area (Å²) in [5, 5.41) is 7.97. The van der Waals surface area contributed by atoms with Crippen molar-refractivity contribution in [2.45, 2.75) is 6.92 Å². The number of pyridine rings is 1. The van der Waals surface area contributed by atoms with Gasteiger partial charge in [0.25, 0.3) is 0 Å². The lowest BCUT2D eigenvalue weighted by Gasteiger charge is -2.16. The summed E-state index contributed by atoms with van der Waals surface area (Å²) in [6.07, 6.45) is 8.05. The van der Waals surface area contributed by atoms with Crippen molar-refractivity contribution in [1.29, 1.82) is 0 Å². The maximum Gasteiger partial charge on any atom is 0.164 e. The summed E-state index contributed by atoms with van der Waals surface area (Å²) < 4.78 is 0. The number of fused-ring (bicyclic) bond motifs is 5. The van der Waals surface area contributed by atoms with E-state index in [0.29, 0.717) is 17.5 Å². The Kier molecular flexibility index (Phi) is 7.48. The monoisotopic (exact) mass is 652 g/mol. The molecule has 4 nitrogen and oxygen atoms in total. The van der Waals surface area contributed by atoms with E-state index in [1.54, 1.807) is 0 Å². The van der Waals surface area contributed by atoms with Gasteiger partial charge < -0.3 is 0 Å². The van der Waals surface area contributed by atoms with E-state index in [-0.39, 0.29) is 0 Å². The average molecular weight is 653 g/mol. The summed E-state index contributed by atoms with van der Waals surface area (Å²) in [5.74, 6) is 1.82. The average Bonchev–Trinajstić information content (AvgIpc) is 3.20. The Hall–Kier alpha value is -6.78. The zero-order valence-corrected chi connectivity index (χ0v) is 28.1. The lowest BCUT2D eigenvalue weighted by molar-refractivity contribution is 1.08. The Balaban J connectivity index is 1.28. The van der Waals surface area contributed by atoms with E-state index in [4.69, 9.17) is 15.0 Å². The molecule has 0 amide bonds. The van der Waals surface area contributed by atoms with Gasteiger partial charge in [-0.05, 0) is 80.2 Å². The third-order valence-electron chi connectivity index (χ3n) is 9.62. The number of hydrogen-bond donors (Lipinski definition) is 0. The highest BCUT2D eigenvalue weighted by molar-refractivity contribution is 6.13. The summed E-state index contributed by atoms with van der Waals surface area (Å²) in [7, 11) is 0. The molecule has 240 valence electrons. The summed E-state index contributed by atoms with van der Waals surface area (Å²) in [5.41, 5.74) is 7.96. The normalized spacial score (nSPS) is 11.6. The number of benzene rings is 7. The predicted octanol–water partition coefficient (Wildman–Crippen LogP) is 12.2. The number of aromatic nitrogens is 4. The third kappa shape index (κ3) is 5.34. The van der Waals surface area contributed by atoms with Gasteiger partial charge in [-0.25, -0.2) is 15.0 Å². The van der Waals surface area contributed by atoms with Gasteiger partial charge in [0.15, 0.2) is 17.5 Å². The number of allylic oxidation sites excluding steroid dienone is 1. The highest BCUT2D eigenvalue weighted by atomic mass is 15.0. The maximum atomic E-state index is 5.26. The van der Waals surface area contributed by atoms with E-state index in [1.165, 1.54) is 5.39 Å². The fourth-order valence-corrected chi connectivity index (χ4v) is 7.17. The fraction of sp³-hybridized carbons (Fsp3) is 0.0213. The molecule has 7 aromatic carbocycles. The molecule has 9 rings (SSSR count). The van der Waals surface area contributed by atoms with Gasteiger partial charge in [0.2, 0.25) is 0 Å². The van der Waals surface area contributed by atoms with Gasteiger partial charge >= 0.3 is 0 Å². The second kappa shape index (κ2) is 12.6. The molecule has 0 aliphatic heterocycles. The molecular weight excluding hydrogens is 621 g/mol. The zero-order chi connectivity index (χ0) is 34.3. The first-order valence-corrected chi connectivity index (χ1v) is 17.1. The van der Waals surface area contributed by atoms with E-state index in [1.807, 2.05) is 37.4 Å². The van der Waals surface area contributed by atoms with E-state index in [0.717, 1.165) is 76.8 Å². The molecule has 0 unspecified atom stereocenters. The minimum Gasteiger partial charge on any atom is -0.256 e. The highest BCUT2D eigenvalue weighted by Crippen LogP contribution is 2.38. The number of nitrogens with zero attached hydrogens (tertiary/aromatic N) is 4. The van der Waals surface area contributed by atoms with Crippen molar-refractivity contribution in [1.82, 2.24) is 19.9 Å². The van der Waals surface area contributed by atoms with Crippen LogP contribution in [0.2, 0.25) is 0 Å². The molecule has 0 saturated heterocycles. The molecule has 0 N–H and O–H groups in total. The summed E-state index contributed by atoms with van der Waals surface area (Å²) in [6, 6.07) is 48.6. The maximum absolute atomic E-state index is 5.26. The van der Waals surface area contributed by atoms with E-state index in [2.05, 4.69) is 145 Å². The topological polar surface area (TPSA) is 51.6 Å². The van der Waals surface area contributed by atoms with Crippen LogP contribution >= 0.6 is 0 Å². The Bertz CT molecular complexity index is 2830. The molecule has 2 heterocycles. The fourth-order valence-electron chi connectivity index (χ4n) is 7.17. The van der Waals surface area contributed by atoms with Crippen molar-refractivity contribution in [3.05, 3.63) is 170 Å². The molecular formula is C47H32N4. The first-order valence-electron chi connectivity index (χ1n) is 17.1. The van der Waals surface area contributed by atoms with Crippen molar-refractivity contribution in [3.8, 4) is 45.3 Å². The Morgan fingerprint density at radius 1 is 0.471 bits per heavy atom. The van der Waals surface area contributed by atoms with Crippen LogP contribution in [0.1, 0.15) is 18.1 Å². The van der Waals surface area contributed by atoms with Gasteiger partial charge in [-0.2, -0.15) is 0 Å². The highest BCUT2D eigenvalue weighted by Gasteiger charge is 2.19. The Morgan fingerprint density at radius 2 is 1.04 bits per heavy atom. The molecule has 2 aromatic heterocycles. The largest absolute Gasteiger partial charge is 0.256 e. The third-order valence-corrected chi connectivity index (χ3v) is 9.62. The van der Waals surface area contributed by atoms with Crippen LogP contribution < -0.4 is 0 Å². The first kappa shape index (κ1) is 30.3. The van der Waals surface area contributed by atoms with Crippen LogP contribution in [-0.2, 0) is 0 Å². The second-order valence-electron chi connectivity index (χ2n) is 12.7. The molecule has 9 aromatic rings. The SMILES string of the molecule is C=Cc1c(-c2nc(-c3ccc(-c4cnc5ccccc5c4)cc3)nc(-c3cc4ccccc4c4ccccc34)n2)cc2ccccc2c1/C=C\C. The van der Waals surface area contributed by atoms with E-state index >= 15 is 0 Å². The van der Waals surface area contributed by atoms with Crippen molar-refractivity contribution in [3.63, 3.8) is 0 Å². The molecule has 4 heteroatoms. The van der Waals surface area contributed by atoms with Crippen molar-refractivity contribution >= 4 is 55.4 Å². The molecule has 0 saturated carbocycles. The van der Waals surface area contributed by atoms with Crippen LogP contribution in [-0.4, -0.2) is 19.9 Å². The molecule has 0 aliphatic rings. The Morgan fingerprint density at radius 3 is 1.78 bits per heavy atom. The summed E-state index contributed by atoms with van der Waals surface area (Å²) >= 11 is 0. The molecule has 0 bridgehead atoms. The van der Waals surface area contributed by atoms with Gasteiger partial charge in [0.1, 0.15) is 0 Å². The van der Waals surface area contributed by atoms with Gasteiger partial charge in [0.05, 0.1) is 5.52 Å². The molecule has 0 aliphatic carbocycles. The quantitative estimate of drug-likeness (QED) is 0.168. The number of para-hydroxylation sites is 1. The molecule has 0 atom stereocenters. The van der Waals surface area contributed by atoms with E-state index in [9.17, 15) is 0 Å². The van der Waals surface area contributed by atoms with Gasteiger partial charge in [-0.3, -0.25) is 4.98 Å². The molecule has 0 fully saturated rings. The van der Waals surface area contributed by atoms with Crippen molar-refractivity contribution in [2.75, 3.05) is 0 Å². The lowest BCUT2D eigenvalue weighted by atomic mass is 9.93. The summed E-state index contributed by atoms with van der Waals surface area (Å²) in [6.45, 7) is 6.29. The molecule has 0 spiro atoms. The van der Waals surface area contributed by atoms with Crippen LogP contribution in [0.25, 0.3) is 101 Å². The summed E-state index contributed by atoms with van der Waals surface area (Å²) in [4.78, 5) is 20.3. The van der Waals surface area contributed by atoms with Crippen molar-refractivity contribution in [2.24, 2.45) is 0 Å². The molecule has 0 radical (unpaired) electrons. The predicted molar refractivity (Wildman–Crippen MR) is 214 cm³/mol. The number of rotatable bonds is 6. The zero-order valence-electron chi connectivity index (χ0n) is 28.1. The smallest absolute Gasteiger partial charge is 0.164 e. The van der Waals surface area contributed by atoms with Crippen LogP contribution in [0.5, 0.6) is 0 Å². The van der Waals surface area contributed by atoms with Gasteiger partial charge in [0, 0.05) is 33.8 Å². The first-order chi connectivity index (χ1) is 25.2. The van der Waals surface area contributed by atoms with Gasteiger partial charge in [-0.15, -0.1) is 0 Å². The Labute approximate surface area is 296 Å². The number of hydrogen-bond acceptors (Lipinski definition) is 4. The standard InChI is InChI=1S/C47H32N4/c1-3-13-39-36(4-2)42(27-32-14-5-8-17-37(32)39)46-49-45(31-24-22-30(23-25-31)35-26-34-16-7-12-21-44(34)48-29-35)50-47(51-46)43-28-33-15-6-9-18-38(33)40-19-10-11-20-41(40)43/h3-29H,2H2,1H3/b13-3-. The molecule has 51 heavy (non-hydrogen) atoms. The van der Waals surface area contributed by atoms with Crippen LogP contribution in [0.3, 0.4) is 0 Å². The minimum absolute atomic E-state index is 0.599. The van der Waals surface area contributed by atoms with Crippen LogP contribution in [0, 0.1) is 0 Å². The second-order valence-corrected chi connectivity index (χ2v) is 12.7. The van der Waals surface area contributed by atoms with E-state index < -0.39 is 0 Å². The van der Waals surface area contributed by atoms with Crippen LogP contribution in [0.4, 0.5) is 0 Å². The van der Waals surface area contributed by atoms with Crippen molar-refractivity contribution < 1.29 is 0 Å². The lowest BCUT2D eigenvalue weighted by Crippen LogP contribution is -2.02.